The Morgan fingerprint density at radius 3 is 2.81 bits per heavy atom. The molecule has 1 aromatic rings. The Morgan fingerprint density at radius 1 is 1.38 bits per heavy atom. The minimum absolute atomic E-state index is 0.569. The Labute approximate surface area is 98.4 Å². The van der Waals surface area contributed by atoms with Gasteiger partial charge in [0.15, 0.2) is 0 Å². The quantitative estimate of drug-likeness (QED) is 0.826. The first-order valence-corrected chi connectivity index (χ1v) is 6.26. The standard InChI is InChI=1S/C14H22N2/c1-11-6-3-4-8-14(11)16-9-5-7-13(10-15)12(16)2/h3-4,6,8,12-13H,5,7,9-10,15H2,1-2H3/t12-,13-/m1/s1. The van der Waals surface area contributed by atoms with Gasteiger partial charge >= 0.3 is 0 Å². The van der Waals surface area contributed by atoms with E-state index in [1.54, 1.807) is 0 Å². The van der Waals surface area contributed by atoms with Crippen molar-refractivity contribution in [2.45, 2.75) is 32.7 Å². The Bertz CT molecular complexity index is 348. The highest BCUT2D eigenvalue weighted by atomic mass is 15.2. The van der Waals surface area contributed by atoms with Gasteiger partial charge in [0.2, 0.25) is 0 Å². The molecule has 0 amide bonds. The van der Waals surface area contributed by atoms with Crippen molar-refractivity contribution >= 4 is 5.69 Å². The summed E-state index contributed by atoms with van der Waals surface area (Å²) in [6, 6.07) is 9.22. The van der Waals surface area contributed by atoms with Crippen LogP contribution in [0.25, 0.3) is 0 Å². The zero-order valence-corrected chi connectivity index (χ0v) is 10.3. The summed E-state index contributed by atoms with van der Waals surface area (Å²) in [6.45, 7) is 6.48. The molecule has 16 heavy (non-hydrogen) atoms. The second-order valence-corrected chi connectivity index (χ2v) is 4.86. The van der Waals surface area contributed by atoms with Crippen LogP contribution in [0.15, 0.2) is 24.3 Å². The number of anilines is 1. The van der Waals surface area contributed by atoms with Crippen LogP contribution in [0.4, 0.5) is 5.69 Å². The summed E-state index contributed by atoms with van der Waals surface area (Å²) in [4.78, 5) is 2.52. The van der Waals surface area contributed by atoms with Crippen LogP contribution in [0.1, 0.15) is 25.3 Å². The van der Waals surface area contributed by atoms with Gasteiger partial charge in [-0.1, -0.05) is 18.2 Å². The van der Waals surface area contributed by atoms with Crippen LogP contribution in [-0.4, -0.2) is 19.1 Å². The normalized spacial score (nSPS) is 25.8. The monoisotopic (exact) mass is 218 g/mol. The lowest BCUT2D eigenvalue weighted by Crippen LogP contribution is -2.46. The van der Waals surface area contributed by atoms with Crippen LogP contribution >= 0.6 is 0 Å². The molecule has 0 radical (unpaired) electrons. The van der Waals surface area contributed by atoms with Gasteiger partial charge in [-0.15, -0.1) is 0 Å². The van der Waals surface area contributed by atoms with Crippen LogP contribution in [0.3, 0.4) is 0 Å². The second kappa shape index (κ2) is 4.88. The van der Waals surface area contributed by atoms with Crippen molar-refractivity contribution in [2.24, 2.45) is 11.7 Å². The number of nitrogens with zero attached hydrogens (tertiary/aromatic N) is 1. The van der Waals surface area contributed by atoms with Crippen LogP contribution in [0.5, 0.6) is 0 Å². The third-order valence-corrected chi connectivity index (χ3v) is 3.88. The molecule has 1 aromatic carbocycles. The van der Waals surface area contributed by atoms with Gasteiger partial charge in [0, 0.05) is 18.3 Å². The Hall–Kier alpha value is -1.02. The first-order chi connectivity index (χ1) is 7.74. The summed E-state index contributed by atoms with van der Waals surface area (Å²) in [7, 11) is 0. The smallest absolute Gasteiger partial charge is 0.0398 e. The van der Waals surface area contributed by atoms with Gasteiger partial charge in [0.05, 0.1) is 0 Å². The molecular weight excluding hydrogens is 196 g/mol. The van der Waals surface area contributed by atoms with E-state index in [-0.39, 0.29) is 0 Å². The maximum absolute atomic E-state index is 5.85. The van der Waals surface area contributed by atoms with E-state index in [1.165, 1.54) is 30.6 Å². The predicted molar refractivity (Wildman–Crippen MR) is 69.8 cm³/mol. The third kappa shape index (κ3) is 2.07. The van der Waals surface area contributed by atoms with Crippen LogP contribution in [0, 0.1) is 12.8 Å². The minimum atomic E-state index is 0.569. The number of benzene rings is 1. The number of nitrogens with two attached hydrogens (primary N) is 1. The van der Waals surface area contributed by atoms with Crippen molar-refractivity contribution in [2.75, 3.05) is 18.0 Å². The lowest BCUT2D eigenvalue weighted by atomic mass is 9.89. The van der Waals surface area contributed by atoms with Crippen molar-refractivity contribution in [3.63, 3.8) is 0 Å². The molecule has 1 fully saturated rings. The van der Waals surface area contributed by atoms with E-state index in [0.717, 1.165) is 6.54 Å². The van der Waals surface area contributed by atoms with E-state index < -0.39 is 0 Å². The summed E-state index contributed by atoms with van der Waals surface area (Å²) in [5.74, 6) is 0.647. The highest BCUT2D eigenvalue weighted by molar-refractivity contribution is 5.54. The van der Waals surface area contributed by atoms with Gasteiger partial charge < -0.3 is 10.6 Å². The molecule has 0 bridgehead atoms. The molecule has 2 atom stereocenters. The highest BCUT2D eigenvalue weighted by Gasteiger charge is 2.27. The molecular formula is C14H22N2. The molecule has 2 N–H and O–H groups in total. The fourth-order valence-electron chi connectivity index (χ4n) is 2.76. The molecule has 0 aliphatic carbocycles. The number of hydrogen-bond acceptors (Lipinski definition) is 2. The maximum atomic E-state index is 5.85. The van der Waals surface area contributed by atoms with Crippen LogP contribution in [0.2, 0.25) is 0 Å². The average Bonchev–Trinajstić information content (AvgIpc) is 2.31. The molecule has 0 aromatic heterocycles. The van der Waals surface area contributed by atoms with E-state index >= 15 is 0 Å². The molecule has 2 rings (SSSR count). The summed E-state index contributed by atoms with van der Waals surface area (Å²) >= 11 is 0. The predicted octanol–water partition coefficient (Wildman–Crippen LogP) is 2.56. The van der Waals surface area contributed by atoms with Gasteiger partial charge in [0.1, 0.15) is 0 Å². The molecule has 0 saturated carbocycles. The lowest BCUT2D eigenvalue weighted by molar-refractivity contribution is 0.345. The third-order valence-electron chi connectivity index (χ3n) is 3.88. The molecule has 2 nitrogen and oxygen atoms in total. The van der Waals surface area contributed by atoms with Crippen molar-refractivity contribution < 1.29 is 0 Å². The number of para-hydroxylation sites is 1. The Kier molecular flexibility index (Phi) is 3.49. The zero-order chi connectivity index (χ0) is 11.5. The molecule has 88 valence electrons. The molecule has 0 spiro atoms. The number of hydrogen-bond donors (Lipinski definition) is 1. The minimum Gasteiger partial charge on any atom is -0.368 e. The van der Waals surface area contributed by atoms with Gasteiger partial charge in [-0.05, 0) is 50.8 Å². The number of aryl methyl sites for hydroxylation is 1. The van der Waals surface area contributed by atoms with E-state index in [9.17, 15) is 0 Å². The summed E-state index contributed by atoms with van der Waals surface area (Å²) in [6.07, 6.45) is 2.54. The maximum Gasteiger partial charge on any atom is 0.0398 e. The fraction of sp³-hybridized carbons (Fsp3) is 0.571. The summed E-state index contributed by atoms with van der Waals surface area (Å²) in [5, 5.41) is 0. The fourth-order valence-corrected chi connectivity index (χ4v) is 2.76. The van der Waals surface area contributed by atoms with Gasteiger partial charge in [-0.25, -0.2) is 0 Å². The van der Waals surface area contributed by atoms with E-state index in [2.05, 4.69) is 43.0 Å². The number of piperidine rings is 1. The van der Waals surface area contributed by atoms with Gasteiger partial charge in [-0.2, -0.15) is 0 Å². The molecule has 1 aliphatic heterocycles. The van der Waals surface area contributed by atoms with E-state index in [1.807, 2.05) is 0 Å². The van der Waals surface area contributed by atoms with E-state index in [0.29, 0.717) is 12.0 Å². The molecule has 1 heterocycles. The SMILES string of the molecule is Cc1ccccc1N1CCC[C@H](CN)[C@H]1C. The first-order valence-electron chi connectivity index (χ1n) is 6.26. The van der Waals surface area contributed by atoms with Crippen molar-refractivity contribution in [3.05, 3.63) is 29.8 Å². The Balaban J connectivity index is 2.23. The summed E-state index contributed by atoms with van der Waals surface area (Å²) < 4.78 is 0. The van der Waals surface area contributed by atoms with Gasteiger partial charge in [-0.3, -0.25) is 0 Å². The topological polar surface area (TPSA) is 29.3 Å². The first kappa shape index (κ1) is 11.5. The van der Waals surface area contributed by atoms with Crippen LogP contribution in [-0.2, 0) is 0 Å². The summed E-state index contributed by atoms with van der Waals surface area (Å²) in [5.41, 5.74) is 8.60. The van der Waals surface area contributed by atoms with Crippen molar-refractivity contribution in [3.8, 4) is 0 Å². The number of rotatable bonds is 2. The second-order valence-electron chi connectivity index (χ2n) is 4.86. The molecule has 1 aliphatic rings. The molecule has 0 unspecified atom stereocenters. The van der Waals surface area contributed by atoms with E-state index in [4.69, 9.17) is 5.73 Å². The Morgan fingerprint density at radius 2 is 2.12 bits per heavy atom. The van der Waals surface area contributed by atoms with Crippen molar-refractivity contribution in [1.29, 1.82) is 0 Å². The highest BCUT2D eigenvalue weighted by Crippen LogP contribution is 2.30. The zero-order valence-electron chi connectivity index (χ0n) is 10.3. The largest absolute Gasteiger partial charge is 0.368 e. The van der Waals surface area contributed by atoms with Crippen LogP contribution < -0.4 is 10.6 Å². The molecule has 2 heteroatoms. The van der Waals surface area contributed by atoms with Crippen molar-refractivity contribution in [1.82, 2.24) is 0 Å². The van der Waals surface area contributed by atoms with Gasteiger partial charge in [0.25, 0.3) is 0 Å². The average molecular weight is 218 g/mol. The molecule has 1 saturated heterocycles. The lowest BCUT2D eigenvalue weighted by Gasteiger charge is -2.41.